The van der Waals surface area contributed by atoms with Crippen molar-refractivity contribution in [2.45, 2.75) is 19.4 Å². The van der Waals surface area contributed by atoms with Gasteiger partial charge >= 0.3 is 6.03 Å². The van der Waals surface area contributed by atoms with Crippen molar-refractivity contribution in [3.05, 3.63) is 34.9 Å². The van der Waals surface area contributed by atoms with E-state index >= 15 is 0 Å². The lowest BCUT2D eigenvalue weighted by Crippen LogP contribution is -2.49. The molecule has 0 aliphatic carbocycles. The molecule has 98 valence electrons. The van der Waals surface area contributed by atoms with Crippen LogP contribution < -0.4 is 10.7 Å². The summed E-state index contributed by atoms with van der Waals surface area (Å²) in [5.74, 6) is 0. The quantitative estimate of drug-likeness (QED) is 0.575. The van der Waals surface area contributed by atoms with Gasteiger partial charge in [0.25, 0.3) is 0 Å². The number of nitrogens with one attached hydrogen (secondary N) is 2. The Morgan fingerprint density at radius 1 is 1.44 bits per heavy atom. The van der Waals surface area contributed by atoms with E-state index < -0.39 is 11.6 Å². The Hall–Kier alpha value is -1.59. The van der Waals surface area contributed by atoms with E-state index in [1.807, 2.05) is 0 Å². The average Bonchev–Trinajstić information content (AvgIpc) is 2.31. The molecule has 6 heteroatoms. The molecule has 5 nitrogen and oxygen atoms in total. The van der Waals surface area contributed by atoms with Crippen LogP contribution in [-0.2, 0) is 0 Å². The van der Waals surface area contributed by atoms with Gasteiger partial charge < -0.3 is 10.4 Å². The summed E-state index contributed by atoms with van der Waals surface area (Å²) < 4.78 is 0. The summed E-state index contributed by atoms with van der Waals surface area (Å²) in [5, 5.41) is 16.0. The number of hydrogen-bond donors (Lipinski definition) is 3. The van der Waals surface area contributed by atoms with E-state index in [4.69, 9.17) is 16.7 Å². The molecule has 0 radical (unpaired) electrons. The van der Waals surface area contributed by atoms with Gasteiger partial charge in [0.05, 0.1) is 18.4 Å². The summed E-state index contributed by atoms with van der Waals surface area (Å²) in [6.45, 7) is 3.26. The highest BCUT2D eigenvalue weighted by Gasteiger charge is 2.18. The van der Waals surface area contributed by atoms with Gasteiger partial charge in [-0.05, 0) is 31.5 Å². The van der Waals surface area contributed by atoms with Crippen molar-refractivity contribution in [3.63, 3.8) is 0 Å². The highest BCUT2D eigenvalue weighted by atomic mass is 35.5. The van der Waals surface area contributed by atoms with Gasteiger partial charge in [0.15, 0.2) is 0 Å². The summed E-state index contributed by atoms with van der Waals surface area (Å²) in [7, 11) is 0. The molecule has 18 heavy (non-hydrogen) atoms. The van der Waals surface area contributed by atoms with Crippen molar-refractivity contribution >= 4 is 23.8 Å². The molecule has 0 bridgehead atoms. The number of carbonyl (C=O) groups excluding carboxylic acids is 1. The van der Waals surface area contributed by atoms with Crippen LogP contribution in [0.3, 0.4) is 0 Å². The zero-order valence-corrected chi connectivity index (χ0v) is 11.0. The third-order valence-electron chi connectivity index (χ3n) is 2.10. The van der Waals surface area contributed by atoms with Gasteiger partial charge in [0.1, 0.15) is 0 Å². The van der Waals surface area contributed by atoms with Crippen molar-refractivity contribution in [2.75, 3.05) is 6.61 Å². The van der Waals surface area contributed by atoms with Gasteiger partial charge in [-0.25, -0.2) is 10.2 Å². The fourth-order valence-corrected chi connectivity index (χ4v) is 1.22. The average molecular weight is 270 g/mol. The lowest BCUT2D eigenvalue weighted by molar-refractivity contribution is 0.182. The molecule has 0 aliphatic heterocycles. The molecule has 0 aliphatic rings. The third kappa shape index (κ3) is 5.16. The summed E-state index contributed by atoms with van der Waals surface area (Å²) in [6.07, 6.45) is 1.50. The van der Waals surface area contributed by atoms with E-state index in [0.29, 0.717) is 5.02 Å². The molecule has 0 aromatic heterocycles. The highest BCUT2D eigenvalue weighted by molar-refractivity contribution is 6.30. The van der Waals surface area contributed by atoms with E-state index in [1.165, 1.54) is 6.21 Å². The molecular weight excluding hydrogens is 254 g/mol. The number of benzene rings is 1. The number of carbonyl (C=O) groups is 1. The van der Waals surface area contributed by atoms with E-state index in [1.54, 1.807) is 38.1 Å². The smallest absolute Gasteiger partial charge is 0.335 e. The van der Waals surface area contributed by atoms with Gasteiger partial charge in [-0.2, -0.15) is 5.10 Å². The van der Waals surface area contributed by atoms with Gasteiger partial charge in [-0.3, -0.25) is 0 Å². The first-order valence-electron chi connectivity index (χ1n) is 5.40. The maximum absolute atomic E-state index is 11.4. The molecule has 3 N–H and O–H groups in total. The number of aliphatic hydroxyl groups is 1. The summed E-state index contributed by atoms with van der Waals surface area (Å²) in [5.41, 5.74) is 2.45. The second kappa shape index (κ2) is 6.37. The minimum atomic E-state index is -0.681. The Labute approximate surface area is 111 Å². The highest BCUT2D eigenvalue weighted by Crippen LogP contribution is 2.07. The van der Waals surface area contributed by atoms with Crippen LogP contribution in [-0.4, -0.2) is 29.5 Å². The molecule has 1 aromatic rings. The number of hydrogen-bond acceptors (Lipinski definition) is 3. The van der Waals surface area contributed by atoms with Crippen LogP contribution in [0.1, 0.15) is 19.4 Å². The number of aliphatic hydroxyl groups excluding tert-OH is 1. The molecule has 0 heterocycles. The molecule has 0 saturated carbocycles. The van der Waals surface area contributed by atoms with Crippen LogP contribution in [0, 0.1) is 0 Å². The largest absolute Gasteiger partial charge is 0.394 e. The first-order chi connectivity index (χ1) is 8.43. The topological polar surface area (TPSA) is 73.7 Å². The summed E-state index contributed by atoms with van der Waals surface area (Å²) in [6, 6.07) is 6.56. The van der Waals surface area contributed by atoms with Gasteiger partial charge in [0.2, 0.25) is 0 Å². The monoisotopic (exact) mass is 269 g/mol. The van der Waals surface area contributed by atoms with Crippen LogP contribution in [0.4, 0.5) is 4.79 Å². The minimum absolute atomic E-state index is 0.151. The number of halogens is 1. The number of hydrazone groups is 1. The lowest BCUT2D eigenvalue weighted by atomic mass is 10.1. The maximum atomic E-state index is 11.4. The van der Waals surface area contributed by atoms with Gasteiger partial charge in [-0.1, -0.05) is 23.7 Å². The molecule has 0 spiro atoms. The first-order valence-corrected chi connectivity index (χ1v) is 5.78. The van der Waals surface area contributed by atoms with Crippen molar-refractivity contribution in [3.8, 4) is 0 Å². The third-order valence-corrected chi connectivity index (χ3v) is 2.35. The Balaban J connectivity index is 2.45. The van der Waals surface area contributed by atoms with E-state index in [-0.39, 0.29) is 6.61 Å². The van der Waals surface area contributed by atoms with Crippen molar-refractivity contribution in [1.82, 2.24) is 10.7 Å². The summed E-state index contributed by atoms with van der Waals surface area (Å²) in [4.78, 5) is 11.4. The number of nitrogens with zero attached hydrogens (tertiary/aromatic N) is 1. The Kier molecular flexibility index (Phi) is 5.12. The fourth-order valence-electron chi connectivity index (χ4n) is 1.09. The molecule has 0 unspecified atom stereocenters. The van der Waals surface area contributed by atoms with Crippen LogP contribution in [0.15, 0.2) is 29.4 Å². The van der Waals surface area contributed by atoms with E-state index in [2.05, 4.69) is 15.8 Å². The van der Waals surface area contributed by atoms with Crippen molar-refractivity contribution in [1.29, 1.82) is 0 Å². The molecule has 2 amide bonds. The van der Waals surface area contributed by atoms with Crippen LogP contribution in [0.2, 0.25) is 5.02 Å². The Bertz CT molecular complexity index is 429. The lowest BCUT2D eigenvalue weighted by Gasteiger charge is -2.22. The van der Waals surface area contributed by atoms with Crippen molar-refractivity contribution < 1.29 is 9.90 Å². The molecule has 0 atom stereocenters. The first kappa shape index (κ1) is 14.5. The number of amides is 2. The van der Waals surface area contributed by atoms with Gasteiger partial charge in [-0.15, -0.1) is 0 Å². The standard InChI is InChI=1S/C12H16ClN3O2/c1-12(2,8-17)15-11(18)16-14-7-9-3-5-10(13)6-4-9/h3-7,17H,8H2,1-2H3,(H2,15,16,18). The molecular formula is C12H16ClN3O2. The summed E-state index contributed by atoms with van der Waals surface area (Å²) >= 11 is 5.74. The van der Waals surface area contributed by atoms with E-state index in [9.17, 15) is 4.79 Å². The predicted octanol–water partition coefficient (Wildman–Crippen LogP) is 1.74. The van der Waals surface area contributed by atoms with Crippen molar-refractivity contribution in [2.24, 2.45) is 5.10 Å². The maximum Gasteiger partial charge on any atom is 0.335 e. The van der Waals surface area contributed by atoms with Crippen LogP contribution >= 0.6 is 11.6 Å². The zero-order valence-electron chi connectivity index (χ0n) is 10.3. The minimum Gasteiger partial charge on any atom is -0.394 e. The van der Waals surface area contributed by atoms with Crippen LogP contribution in [0.5, 0.6) is 0 Å². The fraction of sp³-hybridized carbons (Fsp3) is 0.333. The molecule has 1 rings (SSSR count). The second-order valence-electron chi connectivity index (χ2n) is 4.42. The molecule has 0 saturated heterocycles. The Morgan fingerprint density at radius 3 is 2.61 bits per heavy atom. The van der Waals surface area contributed by atoms with Gasteiger partial charge in [0, 0.05) is 5.02 Å². The SMILES string of the molecule is CC(C)(CO)NC(=O)NN=Cc1ccc(Cl)cc1. The van der Waals surface area contributed by atoms with Crippen LogP contribution in [0.25, 0.3) is 0 Å². The zero-order chi connectivity index (χ0) is 13.6. The molecule has 0 fully saturated rings. The number of urea groups is 1. The Morgan fingerprint density at radius 2 is 2.06 bits per heavy atom. The second-order valence-corrected chi connectivity index (χ2v) is 4.85. The normalized spacial score (nSPS) is 11.6. The predicted molar refractivity (Wildman–Crippen MR) is 71.9 cm³/mol. The molecule has 1 aromatic carbocycles. The number of rotatable bonds is 4. The van der Waals surface area contributed by atoms with E-state index in [0.717, 1.165) is 5.56 Å².